The van der Waals surface area contributed by atoms with Crippen molar-refractivity contribution in [1.82, 2.24) is 0 Å². The van der Waals surface area contributed by atoms with E-state index in [-0.39, 0.29) is 5.75 Å². The number of halogens is 1. The minimum atomic E-state index is -0.745. The van der Waals surface area contributed by atoms with E-state index in [1.54, 1.807) is 12.1 Å². The number of hydrogen-bond donors (Lipinski definition) is 2. The van der Waals surface area contributed by atoms with Crippen molar-refractivity contribution in [2.24, 2.45) is 0 Å². The van der Waals surface area contributed by atoms with Crippen LogP contribution in [0.25, 0.3) is 0 Å². The van der Waals surface area contributed by atoms with Gasteiger partial charge in [-0.15, -0.1) is 0 Å². The number of benzene rings is 1. The monoisotopic (exact) mass is 258 g/mol. The molecule has 2 rings (SSSR count). The second-order valence-corrected chi connectivity index (χ2v) is 4.34. The Hall–Kier alpha value is -0.740. The van der Waals surface area contributed by atoms with Crippen LogP contribution < -0.4 is 4.74 Å². The first-order valence-electron chi connectivity index (χ1n) is 4.36. The summed E-state index contributed by atoms with van der Waals surface area (Å²) in [4.78, 5) is 0. The van der Waals surface area contributed by atoms with Gasteiger partial charge in [0.15, 0.2) is 0 Å². The molecule has 0 aliphatic heterocycles. The van der Waals surface area contributed by atoms with E-state index < -0.39 is 5.60 Å². The van der Waals surface area contributed by atoms with Crippen LogP contribution in [-0.2, 0) is 5.60 Å². The lowest BCUT2D eigenvalue weighted by Gasteiger charge is -2.12. The van der Waals surface area contributed by atoms with Gasteiger partial charge in [-0.2, -0.15) is 0 Å². The second-order valence-electron chi connectivity index (χ2n) is 3.54. The maximum Gasteiger partial charge on any atom is 0.137 e. The zero-order valence-corrected chi connectivity index (χ0v) is 9.34. The Balaban J connectivity index is 2.48. The molecule has 0 aromatic heterocycles. The van der Waals surface area contributed by atoms with E-state index in [0.29, 0.717) is 10.2 Å². The van der Waals surface area contributed by atoms with E-state index in [4.69, 9.17) is 4.74 Å². The second kappa shape index (κ2) is 3.14. The van der Waals surface area contributed by atoms with Crippen molar-refractivity contribution in [3.63, 3.8) is 0 Å². The molecule has 76 valence electrons. The number of phenolic OH excluding ortho intramolecular Hbond substituents is 1. The molecule has 0 unspecified atom stereocenters. The highest BCUT2D eigenvalue weighted by atomic mass is 79.9. The summed E-state index contributed by atoms with van der Waals surface area (Å²) >= 11 is 3.21. The zero-order valence-electron chi connectivity index (χ0n) is 7.75. The summed E-state index contributed by atoms with van der Waals surface area (Å²) < 4.78 is 5.59. The van der Waals surface area contributed by atoms with Gasteiger partial charge in [0.05, 0.1) is 12.7 Å². The van der Waals surface area contributed by atoms with Crippen molar-refractivity contribution >= 4 is 15.9 Å². The van der Waals surface area contributed by atoms with Crippen LogP contribution in [0.5, 0.6) is 11.5 Å². The Morgan fingerprint density at radius 3 is 2.57 bits per heavy atom. The van der Waals surface area contributed by atoms with Crippen LogP contribution in [0.4, 0.5) is 0 Å². The van der Waals surface area contributed by atoms with E-state index in [0.717, 1.165) is 18.4 Å². The highest BCUT2D eigenvalue weighted by molar-refractivity contribution is 9.10. The van der Waals surface area contributed by atoms with Crippen LogP contribution in [0, 0.1) is 0 Å². The lowest BCUT2D eigenvalue weighted by molar-refractivity contribution is 0.150. The van der Waals surface area contributed by atoms with Gasteiger partial charge in [-0.3, -0.25) is 0 Å². The quantitative estimate of drug-likeness (QED) is 0.855. The Morgan fingerprint density at radius 1 is 1.43 bits per heavy atom. The first-order chi connectivity index (χ1) is 6.57. The van der Waals surface area contributed by atoms with Gasteiger partial charge in [0.2, 0.25) is 0 Å². The average Bonchev–Trinajstić information content (AvgIpc) is 2.89. The molecule has 1 aromatic rings. The molecule has 1 aliphatic rings. The fourth-order valence-corrected chi connectivity index (χ4v) is 1.80. The minimum absolute atomic E-state index is 0.0969. The molecular formula is C10H11BrO3. The third kappa shape index (κ3) is 1.48. The maximum absolute atomic E-state index is 9.85. The molecule has 0 heterocycles. The van der Waals surface area contributed by atoms with Gasteiger partial charge in [-0.1, -0.05) is 0 Å². The molecule has 3 nitrogen and oxygen atoms in total. The molecule has 0 saturated heterocycles. The SMILES string of the molecule is COc1cc(C2(O)CC2)cc(O)c1Br. The number of aromatic hydroxyl groups is 1. The Kier molecular flexibility index (Phi) is 2.20. The Morgan fingerprint density at radius 2 is 2.07 bits per heavy atom. The number of rotatable bonds is 2. The van der Waals surface area contributed by atoms with E-state index in [2.05, 4.69) is 15.9 Å². The van der Waals surface area contributed by atoms with Crippen molar-refractivity contribution in [2.75, 3.05) is 7.11 Å². The Bertz CT molecular complexity index is 372. The van der Waals surface area contributed by atoms with E-state index in [9.17, 15) is 10.2 Å². The largest absolute Gasteiger partial charge is 0.507 e. The number of phenols is 1. The van der Waals surface area contributed by atoms with Crippen molar-refractivity contribution in [2.45, 2.75) is 18.4 Å². The molecule has 1 saturated carbocycles. The lowest BCUT2D eigenvalue weighted by Crippen LogP contribution is -2.04. The van der Waals surface area contributed by atoms with Crippen molar-refractivity contribution in [3.8, 4) is 11.5 Å². The van der Waals surface area contributed by atoms with Crippen molar-refractivity contribution < 1.29 is 14.9 Å². The maximum atomic E-state index is 9.85. The fourth-order valence-electron chi connectivity index (χ4n) is 1.41. The highest BCUT2D eigenvalue weighted by Crippen LogP contribution is 2.48. The van der Waals surface area contributed by atoms with Crippen LogP contribution >= 0.6 is 15.9 Å². The third-order valence-corrected chi connectivity index (χ3v) is 3.30. The number of methoxy groups -OCH3 is 1. The summed E-state index contributed by atoms with van der Waals surface area (Å²) in [5.74, 6) is 0.639. The van der Waals surface area contributed by atoms with Crippen LogP contribution in [0.1, 0.15) is 18.4 Å². The van der Waals surface area contributed by atoms with Gasteiger partial charge in [0, 0.05) is 0 Å². The van der Waals surface area contributed by atoms with Gasteiger partial charge in [-0.25, -0.2) is 0 Å². The first-order valence-corrected chi connectivity index (χ1v) is 5.15. The molecule has 2 N–H and O–H groups in total. The van der Waals surface area contributed by atoms with Crippen LogP contribution in [0.15, 0.2) is 16.6 Å². The van der Waals surface area contributed by atoms with Crippen LogP contribution in [0.3, 0.4) is 0 Å². The normalized spacial score (nSPS) is 17.9. The van der Waals surface area contributed by atoms with Gasteiger partial charge in [0.1, 0.15) is 16.0 Å². The number of ether oxygens (including phenoxy) is 1. The molecule has 0 radical (unpaired) electrons. The van der Waals surface area contributed by atoms with E-state index >= 15 is 0 Å². The Labute approximate surface area is 90.5 Å². The summed E-state index contributed by atoms with van der Waals surface area (Å²) in [6.45, 7) is 0. The van der Waals surface area contributed by atoms with Gasteiger partial charge < -0.3 is 14.9 Å². The smallest absolute Gasteiger partial charge is 0.137 e. The summed E-state index contributed by atoms with van der Waals surface area (Å²) in [7, 11) is 1.53. The molecule has 0 spiro atoms. The summed E-state index contributed by atoms with van der Waals surface area (Å²) in [5, 5.41) is 19.4. The predicted octanol–water partition coefficient (Wildman–Crippen LogP) is 2.14. The van der Waals surface area contributed by atoms with E-state index in [1.165, 1.54) is 7.11 Å². The fraction of sp³-hybridized carbons (Fsp3) is 0.400. The molecule has 1 aliphatic carbocycles. The van der Waals surface area contributed by atoms with Gasteiger partial charge >= 0.3 is 0 Å². The molecule has 1 fully saturated rings. The lowest BCUT2D eigenvalue weighted by atomic mass is 10.1. The molecule has 14 heavy (non-hydrogen) atoms. The van der Waals surface area contributed by atoms with Crippen LogP contribution in [-0.4, -0.2) is 17.3 Å². The summed E-state index contributed by atoms with van der Waals surface area (Å²) in [5.41, 5.74) is -0.0269. The third-order valence-electron chi connectivity index (χ3n) is 2.50. The molecule has 0 atom stereocenters. The number of aliphatic hydroxyl groups is 1. The highest BCUT2D eigenvalue weighted by Gasteiger charge is 2.42. The topological polar surface area (TPSA) is 49.7 Å². The van der Waals surface area contributed by atoms with Crippen LogP contribution in [0.2, 0.25) is 0 Å². The number of hydrogen-bond acceptors (Lipinski definition) is 3. The standard InChI is InChI=1S/C10H11BrO3/c1-14-8-5-6(10(13)2-3-10)4-7(12)9(8)11/h4-5,12-13H,2-3H2,1H3. The summed E-state index contributed by atoms with van der Waals surface area (Å²) in [6, 6.07) is 3.32. The van der Waals surface area contributed by atoms with Crippen molar-refractivity contribution in [1.29, 1.82) is 0 Å². The zero-order chi connectivity index (χ0) is 10.3. The molecule has 4 heteroatoms. The molecule has 0 bridgehead atoms. The minimum Gasteiger partial charge on any atom is -0.507 e. The first kappa shape index (κ1) is 9.80. The van der Waals surface area contributed by atoms with E-state index in [1.807, 2.05) is 0 Å². The summed E-state index contributed by atoms with van der Waals surface area (Å²) in [6.07, 6.45) is 1.49. The van der Waals surface area contributed by atoms with Gasteiger partial charge in [-0.05, 0) is 46.5 Å². The predicted molar refractivity (Wildman–Crippen MR) is 55.5 cm³/mol. The average molecular weight is 259 g/mol. The van der Waals surface area contributed by atoms with Crippen molar-refractivity contribution in [3.05, 3.63) is 22.2 Å². The van der Waals surface area contributed by atoms with Gasteiger partial charge in [0.25, 0.3) is 0 Å². The molecule has 0 amide bonds. The molecular weight excluding hydrogens is 248 g/mol. The molecule has 1 aromatic carbocycles.